The molecule has 2 heterocycles. The van der Waals surface area contributed by atoms with Gasteiger partial charge in [0.2, 0.25) is 5.91 Å². The van der Waals surface area contributed by atoms with E-state index in [-0.39, 0.29) is 24.1 Å². The monoisotopic (exact) mass is 356 g/mol. The zero-order valence-electron chi connectivity index (χ0n) is 16.0. The molecule has 3 aliphatic rings. The van der Waals surface area contributed by atoms with Crippen LogP contribution in [0.1, 0.15) is 62.8 Å². The van der Waals surface area contributed by atoms with E-state index < -0.39 is 5.60 Å². The van der Waals surface area contributed by atoms with Crippen LogP contribution >= 0.6 is 0 Å². The maximum atomic E-state index is 13.0. The number of carbonyl (C=O) groups is 2. The standard InChI is InChI=1S/C21H28N2O3/c1-21(2,3)26-20(25)23-13-12-22-17(10-11-18(22)24)19(23)16-9-5-7-14-6-4-8-15(14)16/h5,7,9,17,19H,4,6,8,10-13H2,1-3H3. The Hall–Kier alpha value is -2.04. The number of fused-ring (bicyclic) bond motifs is 2. The van der Waals surface area contributed by atoms with Gasteiger partial charge in [-0.05, 0) is 63.1 Å². The van der Waals surface area contributed by atoms with E-state index in [4.69, 9.17) is 4.74 Å². The first kappa shape index (κ1) is 17.4. The fourth-order valence-electron chi connectivity index (χ4n) is 4.76. The first-order valence-electron chi connectivity index (χ1n) is 9.75. The summed E-state index contributed by atoms with van der Waals surface area (Å²) >= 11 is 0. The number of rotatable bonds is 1. The van der Waals surface area contributed by atoms with Gasteiger partial charge in [0.1, 0.15) is 5.60 Å². The van der Waals surface area contributed by atoms with E-state index in [1.807, 2.05) is 30.6 Å². The molecule has 0 saturated carbocycles. The lowest BCUT2D eigenvalue weighted by atomic mass is 9.89. The summed E-state index contributed by atoms with van der Waals surface area (Å²) in [6.07, 6.45) is 4.46. The van der Waals surface area contributed by atoms with Gasteiger partial charge in [-0.15, -0.1) is 0 Å². The van der Waals surface area contributed by atoms with E-state index in [9.17, 15) is 9.59 Å². The summed E-state index contributed by atoms with van der Waals surface area (Å²) in [6.45, 7) is 6.83. The van der Waals surface area contributed by atoms with E-state index in [2.05, 4.69) is 18.2 Å². The topological polar surface area (TPSA) is 49.9 Å². The number of piperazine rings is 1. The van der Waals surface area contributed by atoms with Crippen LogP contribution in [0.3, 0.4) is 0 Å². The molecule has 26 heavy (non-hydrogen) atoms. The molecule has 0 bridgehead atoms. The molecule has 4 rings (SSSR count). The van der Waals surface area contributed by atoms with Crippen molar-refractivity contribution in [2.24, 2.45) is 0 Å². The molecule has 0 aromatic heterocycles. The van der Waals surface area contributed by atoms with Crippen molar-refractivity contribution in [1.82, 2.24) is 9.80 Å². The van der Waals surface area contributed by atoms with Crippen LogP contribution in [0.25, 0.3) is 0 Å². The highest BCUT2D eigenvalue weighted by Crippen LogP contribution is 2.41. The molecule has 1 aromatic carbocycles. The van der Waals surface area contributed by atoms with Gasteiger partial charge in [-0.25, -0.2) is 4.79 Å². The van der Waals surface area contributed by atoms with Gasteiger partial charge in [0.25, 0.3) is 0 Å². The lowest BCUT2D eigenvalue weighted by Gasteiger charge is -2.45. The minimum absolute atomic E-state index is 0.0656. The second-order valence-electron chi connectivity index (χ2n) is 8.65. The van der Waals surface area contributed by atoms with Crippen LogP contribution < -0.4 is 0 Å². The predicted molar refractivity (Wildman–Crippen MR) is 98.9 cm³/mol. The highest BCUT2D eigenvalue weighted by atomic mass is 16.6. The van der Waals surface area contributed by atoms with E-state index >= 15 is 0 Å². The molecule has 140 valence electrons. The zero-order chi connectivity index (χ0) is 18.5. The van der Waals surface area contributed by atoms with E-state index in [1.54, 1.807) is 0 Å². The quantitative estimate of drug-likeness (QED) is 0.774. The van der Waals surface area contributed by atoms with Crippen molar-refractivity contribution in [2.45, 2.75) is 70.6 Å². The van der Waals surface area contributed by atoms with Crippen molar-refractivity contribution < 1.29 is 14.3 Å². The van der Waals surface area contributed by atoms with Crippen molar-refractivity contribution in [2.75, 3.05) is 13.1 Å². The van der Waals surface area contributed by atoms with Crippen molar-refractivity contribution in [3.05, 3.63) is 34.9 Å². The second kappa shape index (κ2) is 6.29. The molecule has 0 radical (unpaired) electrons. The molecule has 1 aromatic rings. The Labute approximate surface area is 155 Å². The first-order valence-corrected chi connectivity index (χ1v) is 9.75. The van der Waals surface area contributed by atoms with E-state index in [0.717, 1.165) is 19.3 Å². The highest BCUT2D eigenvalue weighted by Gasteiger charge is 2.46. The SMILES string of the molecule is CC(C)(C)OC(=O)N1CCN2C(=O)CCC2C1c1cccc2c1CCC2. The second-order valence-corrected chi connectivity index (χ2v) is 8.65. The number of amides is 2. The van der Waals surface area contributed by atoms with Crippen LogP contribution in [0.5, 0.6) is 0 Å². The average molecular weight is 356 g/mol. The highest BCUT2D eigenvalue weighted by molar-refractivity contribution is 5.80. The Balaban J connectivity index is 1.73. The number of carbonyl (C=O) groups excluding carboxylic acids is 2. The number of benzene rings is 1. The molecule has 0 N–H and O–H groups in total. The third kappa shape index (κ3) is 2.97. The first-order chi connectivity index (χ1) is 12.3. The average Bonchev–Trinajstić information content (AvgIpc) is 3.19. The third-order valence-corrected chi connectivity index (χ3v) is 5.79. The fraction of sp³-hybridized carbons (Fsp3) is 0.619. The summed E-state index contributed by atoms with van der Waals surface area (Å²) in [4.78, 5) is 29.1. The normalized spacial score (nSPS) is 25.3. The number of aryl methyl sites for hydroxylation is 1. The van der Waals surface area contributed by atoms with Gasteiger partial charge in [0, 0.05) is 19.5 Å². The minimum Gasteiger partial charge on any atom is -0.444 e. The Kier molecular flexibility index (Phi) is 4.20. The zero-order valence-corrected chi connectivity index (χ0v) is 16.0. The molecule has 5 heteroatoms. The van der Waals surface area contributed by atoms with Gasteiger partial charge in [0.05, 0.1) is 12.1 Å². The predicted octanol–water partition coefficient (Wildman–Crippen LogP) is 3.46. The van der Waals surface area contributed by atoms with Crippen LogP contribution in [-0.4, -0.2) is 46.5 Å². The molecule has 2 atom stereocenters. The summed E-state index contributed by atoms with van der Waals surface area (Å²) < 4.78 is 5.71. The smallest absolute Gasteiger partial charge is 0.410 e. The maximum absolute atomic E-state index is 13.0. The number of hydrogen-bond acceptors (Lipinski definition) is 3. The van der Waals surface area contributed by atoms with Gasteiger partial charge in [-0.3, -0.25) is 9.69 Å². The summed E-state index contributed by atoms with van der Waals surface area (Å²) in [5.41, 5.74) is 3.47. The molecule has 5 nitrogen and oxygen atoms in total. The molecule has 2 fully saturated rings. The van der Waals surface area contributed by atoms with Crippen LogP contribution in [0, 0.1) is 0 Å². The van der Waals surface area contributed by atoms with E-state index in [0.29, 0.717) is 19.5 Å². The summed E-state index contributed by atoms with van der Waals surface area (Å²) in [7, 11) is 0. The third-order valence-electron chi connectivity index (χ3n) is 5.79. The van der Waals surface area contributed by atoms with Crippen molar-refractivity contribution in [3.8, 4) is 0 Å². The van der Waals surface area contributed by atoms with Crippen LogP contribution in [0.15, 0.2) is 18.2 Å². The minimum atomic E-state index is -0.525. The molecule has 1 aliphatic carbocycles. The molecular formula is C21H28N2O3. The summed E-state index contributed by atoms with van der Waals surface area (Å²) in [5.74, 6) is 0.219. The van der Waals surface area contributed by atoms with Gasteiger partial charge in [-0.1, -0.05) is 18.2 Å². The lowest BCUT2D eigenvalue weighted by molar-refractivity contribution is -0.132. The Morgan fingerprint density at radius 1 is 1.15 bits per heavy atom. The Morgan fingerprint density at radius 3 is 2.73 bits per heavy atom. The number of nitrogens with zero attached hydrogens (tertiary/aromatic N) is 2. The number of ether oxygens (including phenoxy) is 1. The van der Waals surface area contributed by atoms with Crippen molar-refractivity contribution in [3.63, 3.8) is 0 Å². The van der Waals surface area contributed by atoms with Crippen molar-refractivity contribution >= 4 is 12.0 Å². The van der Waals surface area contributed by atoms with E-state index in [1.165, 1.54) is 23.1 Å². The molecule has 2 unspecified atom stereocenters. The molecule has 2 saturated heterocycles. The van der Waals surface area contributed by atoms with Crippen LogP contribution in [0.4, 0.5) is 4.79 Å². The van der Waals surface area contributed by atoms with Gasteiger partial charge < -0.3 is 9.64 Å². The summed E-state index contributed by atoms with van der Waals surface area (Å²) in [6, 6.07) is 6.42. The van der Waals surface area contributed by atoms with Gasteiger partial charge in [0.15, 0.2) is 0 Å². The lowest BCUT2D eigenvalue weighted by Crippen LogP contribution is -2.56. The molecule has 2 aliphatic heterocycles. The molecular weight excluding hydrogens is 328 g/mol. The number of hydrogen-bond donors (Lipinski definition) is 0. The van der Waals surface area contributed by atoms with Gasteiger partial charge in [-0.2, -0.15) is 0 Å². The maximum Gasteiger partial charge on any atom is 0.410 e. The van der Waals surface area contributed by atoms with Gasteiger partial charge >= 0.3 is 6.09 Å². The largest absolute Gasteiger partial charge is 0.444 e. The van der Waals surface area contributed by atoms with Crippen molar-refractivity contribution in [1.29, 1.82) is 0 Å². The Bertz CT molecular complexity index is 737. The molecule has 2 amide bonds. The van der Waals surface area contributed by atoms with Crippen LogP contribution in [-0.2, 0) is 22.4 Å². The summed E-state index contributed by atoms with van der Waals surface area (Å²) in [5, 5.41) is 0. The fourth-order valence-corrected chi connectivity index (χ4v) is 4.76. The Morgan fingerprint density at radius 2 is 1.96 bits per heavy atom. The van der Waals surface area contributed by atoms with Crippen LogP contribution in [0.2, 0.25) is 0 Å². The molecule has 0 spiro atoms.